The smallest absolute Gasteiger partial charge is 0.334 e. The highest BCUT2D eigenvalue weighted by Gasteiger charge is 2.51. The minimum atomic E-state index is -0.934. The molecule has 0 saturated carbocycles. The van der Waals surface area contributed by atoms with E-state index < -0.39 is 18.2 Å². The Bertz CT molecular complexity index is 2300. The van der Waals surface area contributed by atoms with Crippen LogP contribution in [0.4, 0.5) is 9.18 Å². The van der Waals surface area contributed by atoms with Crippen LogP contribution < -0.4 is 5.32 Å². The zero-order valence-corrected chi connectivity index (χ0v) is 29.2. The molecule has 0 bridgehead atoms. The fourth-order valence-electron chi connectivity index (χ4n) is 7.27. The summed E-state index contributed by atoms with van der Waals surface area (Å²) >= 11 is 0. The summed E-state index contributed by atoms with van der Waals surface area (Å²) < 4.78 is 15.2. The van der Waals surface area contributed by atoms with Gasteiger partial charge in [-0.1, -0.05) is 66.7 Å². The van der Waals surface area contributed by atoms with Gasteiger partial charge in [-0.15, -0.1) is 0 Å². The first-order chi connectivity index (χ1) is 26.3. The summed E-state index contributed by atoms with van der Waals surface area (Å²) in [6, 6.07) is 30.3. The van der Waals surface area contributed by atoms with Gasteiger partial charge in [-0.2, -0.15) is 5.10 Å². The van der Waals surface area contributed by atoms with Gasteiger partial charge in [0.2, 0.25) is 11.8 Å². The normalized spacial score (nSPS) is 17.5. The van der Waals surface area contributed by atoms with Crippen LogP contribution in [0.15, 0.2) is 128 Å². The zero-order valence-electron chi connectivity index (χ0n) is 29.2. The number of nitrogens with one attached hydrogen (secondary N) is 1. The van der Waals surface area contributed by atoms with Gasteiger partial charge in [0.05, 0.1) is 30.5 Å². The molecule has 2 aliphatic rings. The number of aromatic hydroxyl groups is 1. The average Bonchev–Trinajstić information content (AvgIpc) is 3.65. The van der Waals surface area contributed by atoms with E-state index in [1.165, 1.54) is 12.1 Å². The van der Waals surface area contributed by atoms with Crippen molar-refractivity contribution in [2.45, 2.75) is 38.3 Å². The number of carbonyl (C=O) groups excluding carboxylic acids is 3. The predicted octanol–water partition coefficient (Wildman–Crippen LogP) is 5.02. The first-order valence-electron chi connectivity index (χ1n) is 17.7. The van der Waals surface area contributed by atoms with Gasteiger partial charge in [0.15, 0.2) is 0 Å². The fourth-order valence-corrected chi connectivity index (χ4v) is 7.27. The maximum Gasteiger partial charge on any atom is 0.334 e. The van der Waals surface area contributed by atoms with Gasteiger partial charge in [-0.25, -0.2) is 23.9 Å². The predicted molar refractivity (Wildman–Crippen MR) is 198 cm³/mol. The molecule has 54 heavy (non-hydrogen) atoms. The molecule has 6 aromatic rings. The van der Waals surface area contributed by atoms with Gasteiger partial charge < -0.3 is 20.2 Å². The molecule has 4 aromatic carbocycles. The number of pyridine rings is 1. The molecule has 4 heterocycles. The Kier molecular flexibility index (Phi) is 9.45. The van der Waals surface area contributed by atoms with Crippen molar-refractivity contribution in [3.8, 4) is 11.4 Å². The lowest BCUT2D eigenvalue weighted by Crippen LogP contribution is -2.76. The van der Waals surface area contributed by atoms with Crippen LogP contribution in [0, 0.1) is 5.82 Å². The number of nitrogens with zero attached hydrogens (tertiary/aromatic N) is 7. The molecule has 2 atom stereocenters. The fraction of sp³-hybridized carbons (Fsp3) is 0.195. The monoisotopic (exact) mass is 724 g/mol. The molecule has 2 saturated heterocycles. The number of urea groups is 1. The number of rotatable bonds is 9. The highest BCUT2D eigenvalue weighted by molar-refractivity contribution is 5.92. The van der Waals surface area contributed by atoms with Crippen molar-refractivity contribution >= 4 is 28.7 Å². The Morgan fingerprint density at radius 1 is 0.852 bits per heavy atom. The summed E-state index contributed by atoms with van der Waals surface area (Å²) in [7, 11) is 0. The SMILES string of the molecule is O=C1[C@H](Cc2ccc(O)cc2)N2C(=O)CN(Cc3cnn(-c4ccc(F)cc4)c3)N(C(=O)NCc3ccccc3)[C@H]2CN1Cc1cccc2cccnc12. The quantitative estimate of drug-likeness (QED) is 0.215. The number of para-hydroxylation sites is 1. The molecule has 2 fully saturated rings. The molecule has 2 N–H and O–H groups in total. The lowest BCUT2D eigenvalue weighted by molar-refractivity contribution is -0.192. The van der Waals surface area contributed by atoms with Crippen molar-refractivity contribution in [3.05, 3.63) is 156 Å². The first kappa shape index (κ1) is 34.5. The number of hydrogen-bond donors (Lipinski definition) is 2. The molecule has 0 unspecified atom stereocenters. The molecule has 2 aliphatic heterocycles. The van der Waals surface area contributed by atoms with Crippen molar-refractivity contribution in [2.24, 2.45) is 0 Å². The van der Waals surface area contributed by atoms with Crippen LogP contribution in [-0.2, 0) is 35.6 Å². The molecule has 8 rings (SSSR count). The summed E-state index contributed by atoms with van der Waals surface area (Å²) in [5.41, 5.74) is 4.63. The number of halogens is 1. The van der Waals surface area contributed by atoms with Gasteiger partial charge >= 0.3 is 6.03 Å². The molecular formula is C41H37FN8O4. The van der Waals surface area contributed by atoms with E-state index in [2.05, 4.69) is 15.4 Å². The van der Waals surface area contributed by atoms with Crippen LogP contribution in [0.2, 0.25) is 0 Å². The van der Waals surface area contributed by atoms with Crippen molar-refractivity contribution in [2.75, 3.05) is 13.1 Å². The summed E-state index contributed by atoms with van der Waals surface area (Å²) in [5, 5.41) is 21.7. The summed E-state index contributed by atoms with van der Waals surface area (Å²) in [5.74, 6) is -0.827. The highest BCUT2D eigenvalue weighted by atomic mass is 19.1. The van der Waals surface area contributed by atoms with E-state index in [0.717, 1.165) is 27.6 Å². The van der Waals surface area contributed by atoms with Crippen LogP contribution >= 0.6 is 0 Å². The van der Waals surface area contributed by atoms with Crippen LogP contribution in [0.25, 0.3) is 16.6 Å². The molecular weight excluding hydrogens is 688 g/mol. The molecule has 12 nitrogen and oxygen atoms in total. The van der Waals surface area contributed by atoms with E-state index in [9.17, 15) is 23.9 Å². The average molecular weight is 725 g/mol. The van der Waals surface area contributed by atoms with Crippen molar-refractivity contribution in [1.82, 2.24) is 39.9 Å². The number of phenolic OH excluding ortho intramolecular Hbond substituents is 1. The van der Waals surface area contributed by atoms with E-state index in [-0.39, 0.29) is 62.5 Å². The van der Waals surface area contributed by atoms with E-state index in [1.54, 1.807) is 79.5 Å². The number of carbonyl (C=O) groups is 3. The number of fused-ring (bicyclic) bond motifs is 2. The molecule has 0 radical (unpaired) electrons. The van der Waals surface area contributed by atoms with Crippen molar-refractivity contribution < 1.29 is 23.9 Å². The first-order valence-corrected chi connectivity index (χ1v) is 17.7. The minimum absolute atomic E-state index is 0.0456. The third-order valence-corrected chi connectivity index (χ3v) is 9.86. The number of phenols is 1. The molecule has 0 spiro atoms. The van der Waals surface area contributed by atoms with Gasteiger partial charge in [-0.3, -0.25) is 14.6 Å². The summed E-state index contributed by atoms with van der Waals surface area (Å²) in [6.07, 6.45) is 4.46. The number of hydrogen-bond acceptors (Lipinski definition) is 7. The Balaban J connectivity index is 1.16. The van der Waals surface area contributed by atoms with Gasteiger partial charge in [-0.05, 0) is 59.2 Å². The van der Waals surface area contributed by atoms with Crippen molar-refractivity contribution in [1.29, 1.82) is 0 Å². The topological polar surface area (TPSA) is 127 Å². The summed E-state index contributed by atoms with van der Waals surface area (Å²) in [4.78, 5) is 51.2. The summed E-state index contributed by atoms with van der Waals surface area (Å²) in [6.45, 7) is 0.476. The lowest BCUT2D eigenvalue weighted by Gasteiger charge is -2.55. The van der Waals surface area contributed by atoms with E-state index in [4.69, 9.17) is 0 Å². The van der Waals surface area contributed by atoms with Crippen LogP contribution in [0.5, 0.6) is 5.75 Å². The van der Waals surface area contributed by atoms with Crippen molar-refractivity contribution in [3.63, 3.8) is 0 Å². The number of piperazine rings is 1. The maximum atomic E-state index is 14.6. The largest absolute Gasteiger partial charge is 0.508 e. The maximum absolute atomic E-state index is 14.6. The third kappa shape index (κ3) is 7.08. The molecule has 0 aliphatic carbocycles. The third-order valence-electron chi connectivity index (χ3n) is 9.86. The van der Waals surface area contributed by atoms with E-state index >= 15 is 0 Å². The van der Waals surface area contributed by atoms with Gasteiger partial charge in [0, 0.05) is 49.4 Å². The zero-order chi connectivity index (χ0) is 37.2. The second-order valence-corrected chi connectivity index (χ2v) is 13.5. The number of amides is 4. The molecule has 2 aromatic heterocycles. The van der Waals surface area contributed by atoms with E-state index in [0.29, 0.717) is 11.3 Å². The lowest BCUT2D eigenvalue weighted by atomic mass is 9.98. The Hall–Kier alpha value is -6.60. The minimum Gasteiger partial charge on any atom is -0.508 e. The Labute approximate surface area is 310 Å². The second kappa shape index (κ2) is 14.8. The van der Waals surface area contributed by atoms with Crippen LogP contribution in [-0.4, -0.2) is 82.8 Å². The van der Waals surface area contributed by atoms with E-state index in [1.807, 2.05) is 60.7 Å². The molecule has 4 amide bonds. The standard InChI is InChI=1S/C41H37FN8O4/c42-33-13-15-34(16-14-33)48-24-30(22-45-48)23-47-27-38(52)49-36(20-28-11-17-35(51)18-12-28)40(53)46(25-32-9-4-8-31-10-5-19-43-39(31)32)26-37(49)50(47)41(54)44-21-29-6-2-1-3-7-29/h1-19,22,24,36-37,51H,20-21,23,25-27H2,(H,44,54)/t36-,37-/m0/s1. The van der Waals surface area contributed by atoms with Crippen LogP contribution in [0.3, 0.4) is 0 Å². The van der Waals surface area contributed by atoms with Gasteiger partial charge in [0.25, 0.3) is 0 Å². The van der Waals surface area contributed by atoms with Gasteiger partial charge in [0.1, 0.15) is 23.8 Å². The highest BCUT2D eigenvalue weighted by Crippen LogP contribution is 2.31. The molecule has 272 valence electrons. The number of aromatic nitrogens is 3. The second-order valence-electron chi connectivity index (χ2n) is 13.5. The Morgan fingerprint density at radius 3 is 2.43 bits per heavy atom. The molecule has 13 heteroatoms. The number of hydrazine groups is 1. The van der Waals surface area contributed by atoms with Crippen LogP contribution in [0.1, 0.15) is 22.3 Å². The number of benzene rings is 4. The Morgan fingerprint density at radius 2 is 1.63 bits per heavy atom.